The molecule has 2 aromatic rings. The highest BCUT2D eigenvalue weighted by molar-refractivity contribution is 5.81. The third kappa shape index (κ3) is 3.12. The minimum absolute atomic E-state index is 0.0897. The van der Waals surface area contributed by atoms with Gasteiger partial charge in [0, 0.05) is 31.6 Å². The minimum atomic E-state index is 0.0897. The van der Waals surface area contributed by atoms with Gasteiger partial charge >= 0.3 is 0 Å². The van der Waals surface area contributed by atoms with E-state index >= 15 is 0 Å². The van der Waals surface area contributed by atoms with Crippen molar-refractivity contribution in [1.29, 1.82) is 0 Å². The van der Waals surface area contributed by atoms with Crippen LogP contribution in [0.15, 0.2) is 24.3 Å². The van der Waals surface area contributed by atoms with E-state index in [9.17, 15) is 0 Å². The van der Waals surface area contributed by atoms with E-state index < -0.39 is 0 Å². The monoisotopic (exact) mass is 263 g/mol. The maximum atomic E-state index is 9.06. The Kier molecular flexibility index (Phi) is 4.90. The fourth-order valence-electron chi connectivity index (χ4n) is 2.32. The quantitative estimate of drug-likeness (QED) is 0.777. The first-order valence-corrected chi connectivity index (χ1v) is 6.68. The van der Waals surface area contributed by atoms with Gasteiger partial charge in [-0.2, -0.15) is 5.10 Å². The zero-order valence-electron chi connectivity index (χ0n) is 11.3. The molecule has 2 rings (SSSR count). The molecule has 104 valence electrons. The van der Waals surface area contributed by atoms with Crippen molar-refractivity contribution in [3.8, 4) is 0 Å². The number of fused-ring (bicyclic) bond motifs is 1. The summed E-state index contributed by atoms with van der Waals surface area (Å²) >= 11 is 0. The predicted octanol–water partition coefficient (Wildman–Crippen LogP) is 0.843. The Bertz CT molecular complexity index is 518. The van der Waals surface area contributed by atoms with Crippen LogP contribution in [0.3, 0.4) is 0 Å². The molecule has 0 fully saturated rings. The van der Waals surface area contributed by atoms with Crippen LogP contribution in [-0.2, 0) is 13.1 Å². The van der Waals surface area contributed by atoms with Gasteiger partial charge in [-0.25, -0.2) is 0 Å². The second-order valence-electron chi connectivity index (χ2n) is 4.50. The van der Waals surface area contributed by atoms with Gasteiger partial charge in [0.2, 0.25) is 0 Å². The van der Waals surface area contributed by atoms with Crippen molar-refractivity contribution in [3.63, 3.8) is 0 Å². The summed E-state index contributed by atoms with van der Waals surface area (Å²) in [6.07, 6.45) is 0. The van der Waals surface area contributed by atoms with Crippen molar-refractivity contribution in [2.45, 2.75) is 20.0 Å². The summed E-state index contributed by atoms with van der Waals surface area (Å²) in [5.41, 5.74) is 2.13. The highest BCUT2D eigenvalue weighted by Crippen LogP contribution is 2.19. The molecule has 2 N–H and O–H groups in total. The number of rotatable bonds is 7. The topological polar surface area (TPSA) is 61.5 Å². The van der Waals surface area contributed by atoms with Gasteiger partial charge in [0.25, 0.3) is 0 Å². The normalized spacial score (nSPS) is 11.6. The molecule has 0 saturated carbocycles. The number of hydrogen-bond donors (Lipinski definition) is 2. The molecule has 0 amide bonds. The Morgan fingerprint density at radius 1 is 1.16 bits per heavy atom. The molecule has 0 spiro atoms. The van der Waals surface area contributed by atoms with Crippen LogP contribution >= 0.6 is 0 Å². The van der Waals surface area contributed by atoms with Gasteiger partial charge < -0.3 is 10.2 Å². The van der Waals surface area contributed by atoms with E-state index in [1.54, 1.807) is 0 Å². The van der Waals surface area contributed by atoms with Crippen LogP contribution in [0.2, 0.25) is 0 Å². The van der Waals surface area contributed by atoms with Crippen LogP contribution in [0.5, 0.6) is 0 Å². The maximum Gasteiger partial charge on any atom is 0.0843 e. The van der Waals surface area contributed by atoms with Crippen LogP contribution in [0, 0.1) is 0 Å². The minimum Gasteiger partial charge on any atom is -0.395 e. The Morgan fingerprint density at radius 3 is 2.47 bits per heavy atom. The smallest absolute Gasteiger partial charge is 0.0843 e. The second kappa shape index (κ2) is 6.65. The maximum absolute atomic E-state index is 9.06. The number of aliphatic hydroxyl groups is 2. The van der Waals surface area contributed by atoms with Crippen LogP contribution in [0.4, 0.5) is 0 Å². The molecule has 0 aliphatic heterocycles. The Morgan fingerprint density at radius 2 is 1.84 bits per heavy atom. The van der Waals surface area contributed by atoms with Crippen LogP contribution < -0.4 is 0 Å². The van der Waals surface area contributed by atoms with E-state index in [-0.39, 0.29) is 13.2 Å². The highest BCUT2D eigenvalue weighted by atomic mass is 16.3. The SMILES string of the molecule is CCn1nc(CN(CCO)CCO)c2ccccc21. The highest BCUT2D eigenvalue weighted by Gasteiger charge is 2.12. The van der Waals surface area contributed by atoms with E-state index in [0.717, 1.165) is 23.1 Å². The van der Waals surface area contributed by atoms with Gasteiger partial charge in [-0.05, 0) is 13.0 Å². The number of para-hydroxylation sites is 1. The van der Waals surface area contributed by atoms with Crippen molar-refractivity contribution in [2.75, 3.05) is 26.3 Å². The second-order valence-corrected chi connectivity index (χ2v) is 4.50. The summed E-state index contributed by atoms with van der Waals surface area (Å²) in [4.78, 5) is 2.01. The van der Waals surface area contributed by atoms with Crippen LogP contribution in [0.1, 0.15) is 12.6 Å². The summed E-state index contributed by atoms with van der Waals surface area (Å²) in [5.74, 6) is 0. The van der Waals surface area contributed by atoms with Crippen molar-refractivity contribution >= 4 is 10.9 Å². The lowest BCUT2D eigenvalue weighted by Crippen LogP contribution is -2.29. The average molecular weight is 263 g/mol. The molecule has 0 unspecified atom stereocenters. The van der Waals surface area contributed by atoms with Crippen LogP contribution in [0.25, 0.3) is 10.9 Å². The van der Waals surface area contributed by atoms with E-state index in [1.165, 1.54) is 0 Å². The fourth-order valence-corrected chi connectivity index (χ4v) is 2.32. The molecule has 5 nitrogen and oxygen atoms in total. The predicted molar refractivity (Wildman–Crippen MR) is 74.9 cm³/mol. The van der Waals surface area contributed by atoms with E-state index in [4.69, 9.17) is 10.2 Å². The molecule has 0 atom stereocenters. The first-order chi connectivity index (χ1) is 9.30. The van der Waals surface area contributed by atoms with Gasteiger partial charge in [-0.3, -0.25) is 9.58 Å². The molecule has 0 saturated heterocycles. The number of aromatic nitrogens is 2. The molecule has 0 bridgehead atoms. The van der Waals surface area contributed by atoms with Gasteiger partial charge in [0.15, 0.2) is 0 Å². The van der Waals surface area contributed by atoms with Gasteiger partial charge in [0.05, 0.1) is 24.4 Å². The Hall–Kier alpha value is -1.43. The molecule has 1 heterocycles. The van der Waals surface area contributed by atoms with Gasteiger partial charge in [0.1, 0.15) is 0 Å². The standard InChI is InChI=1S/C14H21N3O2/c1-2-17-14-6-4-3-5-12(14)13(15-17)11-16(7-9-18)8-10-19/h3-6,18-19H,2,7-11H2,1H3. The van der Waals surface area contributed by atoms with E-state index in [2.05, 4.69) is 24.2 Å². The Balaban J connectivity index is 2.28. The molecule has 5 heteroatoms. The van der Waals surface area contributed by atoms with Crippen molar-refractivity contribution in [1.82, 2.24) is 14.7 Å². The average Bonchev–Trinajstić information content (AvgIpc) is 2.78. The molecular weight excluding hydrogens is 242 g/mol. The summed E-state index contributed by atoms with van der Waals surface area (Å²) in [5, 5.41) is 23.9. The largest absolute Gasteiger partial charge is 0.395 e. The lowest BCUT2D eigenvalue weighted by molar-refractivity contribution is 0.155. The first kappa shape index (κ1) is 14.0. The van der Waals surface area contributed by atoms with Gasteiger partial charge in [-0.15, -0.1) is 0 Å². The summed E-state index contributed by atoms with van der Waals surface area (Å²) in [7, 11) is 0. The summed E-state index contributed by atoms with van der Waals surface area (Å²) < 4.78 is 1.99. The Labute approximate surface area is 113 Å². The molecule has 19 heavy (non-hydrogen) atoms. The lowest BCUT2D eigenvalue weighted by Gasteiger charge is -2.18. The molecule has 0 aliphatic carbocycles. The summed E-state index contributed by atoms with van der Waals surface area (Å²) in [6.45, 7) is 4.83. The lowest BCUT2D eigenvalue weighted by atomic mass is 10.2. The zero-order chi connectivity index (χ0) is 13.7. The molecule has 1 aromatic carbocycles. The third-order valence-corrected chi connectivity index (χ3v) is 3.24. The number of aryl methyl sites for hydroxylation is 1. The van der Waals surface area contributed by atoms with Crippen molar-refractivity contribution in [3.05, 3.63) is 30.0 Å². The van der Waals surface area contributed by atoms with E-state index in [1.807, 2.05) is 21.7 Å². The number of hydrogen-bond acceptors (Lipinski definition) is 4. The van der Waals surface area contributed by atoms with Crippen molar-refractivity contribution in [2.24, 2.45) is 0 Å². The number of aliphatic hydroxyl groups excluding tert-OH is 2. The summed E-state index contributed by atoms with van der Waals surface area (Å²) in [6, 6.07) is 8.16. The number of benzene rings is 1. The third-order valence-electron chi connectivity index (χ3n) is 3.24. The van der Waals surface area contributed by atoms with Gasteiger partial charge in [-0.1, -0.05) is 18.2 Å². The molecule has 0 aliphatic rings. The molecular formula is C14H21N3O2. The zero-order valence-corrected chi connectivity index (χ0v) is 11.3. The molecule has 0 radical (unpaired) electrons. The molecule has 1 aromatic heterocycles. The number of nitrogens with zero attached hydrogens (tertiary/aromatic N) is 3. The van der Waals surface area contributed by atoms with Crippen molar-refractivity contribution < 1.29 is 10.2 Å². The van der Waals surface area contributed by atoms with E-state index in [0.29, 0.717) is 19.6 Å². The first-order valence-electron chi connectivity index (χ1n) is 6.68. The van der Waals surface area contributed by atoms with Crippen LogP contribution in [-0.4, -0.2) is 51.2 Å². The fraction of sp³-hybridized carbons (Fsp3) is 0.500.